The zero-order chi connectivity index (χ0) is 27.6. The summed E-state index contributed by atoms with van der Waals surface area (Å²) in [5.74, 6) is -1.74. The molecule has 0 fully saturated rings. The summed E-state index contributed by atoms with van der Waals surface area (Å²) in [7, 11) is 0. The summed E-state index contributed by atoms with van der Waals surface area (Å²) in [6.45, 7) is 0.128. The van der Waals surface area contributed by atoms with Crippen molar-refractivity contribution in [2.45, 2.75) is 6.36 Å². The molecule has 198 valence electrons. The maximum absolute atomic E-state index is 13.7. The number of aliphatic imine (C=N–C) groups is 1. The molecule has 0 spiro atoms. The molecule has 0 atom stereocenters. The molecular formula is C27H18F5N5OS. The molecule has 0 aliphatic rings. The van der Waals surface area contributed by atoms with Gasteiger partial charge in [0.1, 0.15) is 30.4 Å². The molecule has 5 rings (SSSR count). The van der Waals surface area contributed by atoms with Gasteiger partial charge in [0.15, 0.2) is 5.11 Å². The molecule has 0 saturated heterocycles. The Balaban J connectivity index is 1.26. The number of alkyl halides is 3. The van der Waals surface area contributed by atoms with E-state index in [4.69, 9.17) is 12.2 Å². The van der Waals surface area contributed by atoms with E-state index in [-0.39, 0.29) is 23.2 Å². The third-order valence-corrected chi connectivity index (χ3v) is 5.90. The van der Waals surface area contributed by atoms with Crippen molar-refractivity contribution in [3.05, 3.63) is 96.3 Å². The summed E-state index contributed by atoms with van der Waals surface area (Å²) in [4.78, 5) is 8.80. The number of anilines is 1. The molecule has 5 aromatic rings. The Kier molecular flexibility index (Phi) is 7.11. The van der Waals surface area contributed by atoms with Crippen LogP contribution in [0.3, 0.4) is 0 Å². The monoisotopic (exact) mass is 555 g/mol. The Bertz CT molecular complexity index is 1700. The first-order valence-corrected chi connectivity index (χ1v) is 11.8. The summed E-state index contributed by atoms with van der Waals surface area (Å²) in [5, 5.41) is 7.42. The minimum atomic E-state index is -4.75. The third kappa shape index (κ3) is 6.12. The number of fused-ring (bicyclic) bond motifs is 3. The second kappa shape index (κ2) is 10.7. The lowest BCUT2D eigenvalue weighted by Crippen LogP contribution is -2.28. The van der Waals surface area contributed by atoms with Gasteiger partial charge < -0.3 is 15.4 Å². The van der Waals surface area contributed by atoms with Crippen LogP contribution in [-0.2, 0) is 0 Å². The van der Waals surface area contributed by atoms with Crippen LogP contribution >= 0.6 is 12.2 Å². The van der Waals surface area contributed by atoms with Crippen LogP contribution in [-0.4, -0.2) is 33.9 Å². The highest BCUT2D eigenvalue weighted by Crippen LogP contribution is 2.28. The van der Waals surface area contributed by atoms with Gasteiger partial charge in [-0.15, -0.1) is 13.2 Å². The quantitative estimate of drug-likeness (QED) is 0.138. The van der Waals surface area contributed by atoms with Crippen LogP contribution in [0.25, 0.3) is 27.5 Å². The summed E-state index contributed by atoms with van der Waals surface area (Å²) < 4.78 is 69.8. The number of rotatable bonds is 6. The molecule has 0 saturated carbocycles. The molecule has 0 unspecified atom stereocenters. The average Bonchev–Trinajstić information content (AvgIpc) is 3.32. The van der Waals surface area contributed by atoms with Gasteiger partial charge in [0.05, 0.1) is 16.7 Å². The summed E-state index contributed by atoms with van der Waals surface area (Å²) in [5.41, 5.74) is 3.03. The molecule has 0 radical (unpaired) electrons. The molecule has 0 aliphatic carbocycles. The van der Waals surface area contributed by atoms with Gasteiger partial charge in [-0.1, -0.05) is 18.2 Å². The number of benzene rings is 4. The second-order valence-corrected chi connectivity index (χ2v) is 8.70. The van der Waals surface area contributed by atoms with E-state index in [1.54, 1.807) is 17.1 Å². The Morgan fingerprint density at radius 2 is 1.79 bits per heavy atom. The highest BCUT2D eigenvalue weighted by atomic mass is 32.1. The van der Waals surface area contributed by atoms with Crippen LogP contribution in [0.15, 0.2) is 84.1 Å². The zero-order valence-electron chi connectivity index (χ0n) is 19.8. The summed E-state index contributed by atoms with van der Waals surface area (Å²) >= 11 is 5.11. The molecule has 1 heterocycles. The predicted molar refractivity (Wildman–Crippen MR) is 143 cm³/mol. The van der Waals surface area contributed by atoms with Crippen molar-refractivity contribution in [1.82, 2.24) is 14.9 Å². The Morgan fingerprint density at radius 1 is 1.00 bits per heavy atom. The van der Waals surface area contributed by atoms with E-state index in [2.05, 4.69) is 25.3 Å². The molecule has 0 amide bonds. The minimum absolute atomic E-state index is 0.0497. The van der Waals surface area contributed by atoms with Crippen molar-refractivity contribution in [2.75, 3.05) is 12.0 Å². The molecule has 4 aromatic carbocycles. The van der Waals surface area contributed by atoms with E-state index in [1.807, 2.05) is 30.3 Å². The number of ether oxygens (including phenoxy) is 1. The Morgan fingerprint density at radius 3 is 2.54 bits per heavy atom. The number of nitrogens with one attached hydrogen (secondary N) is 2. The van der Waals surface area contributed by atoms with Crippen LogP contribution in [0.1, 0.15) is 5.56 Å². The van der Waals surface area contributed by atoms with Gasteiger partial charge in [-0.2, -0.15) is 0 Å². The van der Waals surface area contributed by atoms with E-state index in [0.717, 1.165) is 39.5 Å². The SMILES string of the molecule is Fc1ccc(NC(=S)NC/N=C/c2ccc3c(ccc4c3ncn4-c3ccc(OC(F)(F)F)cc3)c2)c(F)c1. The van der Waals surface area contributed by atoms with Crippen LogP contribution < -0.4 is 15.4 Å². The van der Waals surface area contributed by atoms with Gasteiger partial charge in [0, 0.05) is 23.4 Å². The van der Waals surface area contributed by atoms with Crippen LogP contribution in [0.2, 0.25) is 0 Å². The first kappa shape index (κ1) is 26.0. The number of imidazole rings is 1. The predicted octanol–water partition coefficient (Wildman–Crippen LogP) is 6.72. The lowest BCUT2D eigenvalue weighted by molar-refractivity contribution is -0.274. The van der Waals surface area contributed by atoms with Crippen molar-refractivity contribution in [3.63, 3.8) is 0 Å². The molecule has 0 aliphatic heterocycles. The summed E-state index contributed by atoms with van der Waals surface area (Å²) in [6, 6.07) is 18.2. The fourth-order valence-electron chi connectivity index (χ4n) is 3.95. The van der Waals surface area contributed by atoms with Crippen molar-refractivity contribution in [1.29, 1.82) is 0 Å². The van der Waals surface area contributed by atoms with E-state index in [9.17, 15) is 22.0 Å². The van der Waals surface area contributed by atoms with Gasteiger partial charge in [0.2, 0.25) is 0 Å². The van der Waals surface area contributed by atoms with Crippen molar-refractivity contribution in [2.24, 2.45) is 4.99 Å². The lowest BCUT2D eigenvalue weighted by atomic mass is 10.1. The van der Waals surface area contributed by atoms with Crippen LogP contribution in [0.5, 0.6) is 5.75 Å². The number of thiocarbonyl (C=S) groups is 1. The van der Waals surface area contributed by atoms with Gasteiger partial charge in [-0.05, 0) is 71.7 Å². The number of halogens is 5. The van der Waals surface area contributed by atoms with Crippen LogP contribution in [0.4, 0.5) is 27.6 Å². The topological polar surface area (TPSA) is 63.5 Å². The molecule has 39 heavy (non-hydrogen) atoms. The van der Waals surface area contributed by atoms with Crippen molar-refractivity contribution in [3.8, 4) is 11.4 Å². The van der Waals surface area contributed by atoms with Gasteiger partial charge in [0.25, 0.3) is 0 Å². The van der Waals surface area contributed by atoms with Gasteiger partial charge >= 0.3 is 6.36 Å². The third-order valence-electron chi connectivity index (χ3n) is 5.66. The summed E-state index contributed by atoms with van der Waals surface area (Å²) in [6.07, 6.45) is -1.49. The number of nitrogens with zero attached hydrogens (tertiary/aromatic N) is 3. The molecule has 12 heteroatoms. The smallest absolute Gasteiger partial charge is 0.406 e. The van der Waals surface area contributed by atoms with E-state index >= 15 is 0 Å². The standard InChI is InChI=1S/C27H18F5N5OS/c28-18-3-9-23(22(29)12-18)36-26(39)34-14-33-13-16-1-8-21-17(11-16)2-10-24-25(21)35-15-37(24)19-4-6-20(7-5-19)38-27(30,31)32/h1-13,15H,14H2,(H2,34,36,39)/b33-13+. The molecule has 0 bridgehead atoms. The van der Waals surface area contributed by atoms with E-state index in [0.29, 0.717) is 5.69 Å². The molecule has 1 aromatic heterocycles. The fourth-order valence-corrected chi connectivity index (χ4v) is 4.12. The Labute approximate surface area is 223 Å². The molecule has 2 N–H and O–H groups in total. The molecular weight excluding hydrogens is 537 g/mol. The lowest BCUT2D eigenvalue weighted by Gasteiger charge is -2.10. The highest BCUT2D eigenvalue weighted by Gasteiger charge is 2.31. The highest BCUT2D eigenvalue weighted by molar-refractivity contribution is 7.80. The van der Waals surface area contributed by atoms with Gasteiger partial charge in [-0.25, -0.2) is 13.8 Å². The van der Waals surface area contributed by atoms with E-state index in [1.165, 1.54) is 30.3 Å². The van der Waals surface area contributed by atoms with Gasteiger partial charge in [-0.3, -0.25) is 9.56 Å². The minimum Gasteiger partial charge on any atom is -0.406 e. The average molecular weight is 556 g/mol. The normalized spacial score (nSPS) is 11.8. The van der Waals surface area contributed by atoms with Crippen LogP contribution in [0, 0.1) is 11.6 Å². The number of aromatic nitrogens is 2. The second-order valence-electron chi connectivity index (χ2n) is 8.30. The van der Waals surface area contributed by atoms with Crippen molar-refractivity contribution < 1.29 is 26.7 Å². The maximum atomic E-state index is 13.7. The fraction of sp³-hybridized carbons (Fsp3) is 0.0741. The first-order chi connectivity index (χ1) is 18.7. The van der Waals surface area contributed by atoms with Crippen molar-refractivity contribution >= 4 is 51.0 Å². The number of hydrogen-bond acceptors (Lipinski definition) is 4. The van der Waals surface area contributed by atoms with E-state index < -0.39 is 18.0 Å². The maximum Gasteiger partial charge on any atom is 0.573 e. The molecule has 6 nitrogen and oxygen atoms in total. The number of hydrogen-bond donors (Lipinski definition) is 2. The largest absolute Gasteiger partial charge is 0.573 e. The zero-order valence-corrected chi connectivity index (χ0v) is 20.7. The first-order valence-electron chi connectivity index (χ1n) is 11.4. The Hall–Kier alpha value is -4.58.